The number of H-pyrrole nitrogens is 1. The van der Waals surface area contributed by atoms with Crippen molar-refractivity contribution >= 4 is 22.6 Å². The van der Waals surface area contributed by atoms with E-state index in [4.69, 9.17) is 0 Å². The fourth-order valence-corrected chi connectivity index (χ4v) is 1.91. The lowest BCUT2D eigenvalue weighted by Gasteiger charge is -2.12. The number of benzene rings is 1. The van der Waals surface area contributed by atoms with Gasteiger partial charge in [0.05, 0.1) is 14.8 Å². The molecular weight excluding hydrogens is 391 g/mol. The normalized spacial score (nSPS) is 11.7. The molecule has 8 heteroatoms. The highest BCUT2D eigenvalue weighted by Gasteiger charge is 2.34. The van der Waals surface area contributed by atoms with Gasteiger partial charge in [-0.2, -0.15) is 13.2 Å². The first-order valence-electron chi connectivity index (χ1n) is 5.33. The molecule has 106 valence electrons. The van der Waals surface area contributed by atoms with Crippen molar-refractivity contribution in [1.82, 2.24) is 9.97 Å². The largest absolute Gasteiger partial charge is 0.417 e. The summed E-state index contributed by atoms with van der Waals surface area (Å²) in [6, 6.07) is 2.21. The molecular formula is C12H7F4IN2O. The maximum Gasteiger partial charge on any atom is 0.417 e. The van der Waals surface area contributed by atoms with Crippen molar-refractivity contribution < 1.29 is 17.6 Å². The van der Waals surface area contributed by atoms with Crippen LogP contribution in [0.2, 0.25) is 0 Å². The number of alkyl halides is 3. The van der Waals surface area contributed by atoms with Crippen molar-refractivity contribution in [3.05, 3.63) is 49.2 Å². The second-order valence-corrected chi connectivity index (χ2v) is 5.08. The van der Waals surface area contributed by atoms with Gasteiger partial charge in [0.25, 0.3) is 5.56 Å². The summed E-state index contributed by atoms with van der Waals surface area (Å²) in [6.07, 6.45) is -4.74. The summed E-state index contributed by atoms with van der Waals surface area (Å²) in [5, 5.41) is 0. The number of hydrogen-bond acceptors (Lipinski definition) is 2. The maximum absolute atomic E-state index is 13.0. The molecule has 0 saturated carbocycles. The van der Waals surface area contributed by atoms with E-state index >= 15 is 0 Å². The van der Waals surface area contributed by atoms with Crippen LogP contribution >= 0.6 is 22.6 Å². The molecule has 0 atom stereocenters. The molecule has 0 aliphatic rings. The van der Waals surface area contributed by atoms with Gasteiger partial charge < -0.3 is 4.98 Å². The van der Waals surface area contributed by atoms with E-state index in [1.165, 1.54) is 6.92 Å². The summed E-state index contributed by atoms with van der Waals surface area (Å²) < 4.78 is 52.0. The smallest absolute Gasteiger partial charge is 0.306 e. The Balaban J connectivity index is 2.74. The molecule has 3 nitrogen and oxygen atoms in total. The van der Waals surface area contributed by atoms with Crippen LogP contribution in [-0.4, -0.2) is 9.97 Å². The van der Waals surface area contributed by atoms with Crippen molar-refractivity contribution in [2.45, 2.75) is 13.1 Å². The number of rotatable bonds is 1. The van der Waals surface area contributed by atoms with Gasteiger partial charge in [0, 0.05) is 5.56 Å². The monoisotopic (exact) mass is 398 g/mol. The summed E-state index contributed by atoms with van der Waals surface area (Å²) in [7, 11) is 0. The Bertz CT molecular complexity index is 724. The van der Waals surface area contributed by atoms with E-state index in [1.54, 1.807) is 22.6 Å². The van der Waals surface area contributed by atoms with Gasteiger partial charge in [-0.05, 0) is 47.7 Å². The summed E-state index contributed by atoms with van der Waals surface area (Å²) >= 11 is 1.75. The van der Waals surface area contributed by atoms with E-state index in [0.717, 1.165) is 12.1 Å². The Morgan fingerprint density at radius 3 is 2.50 bits per heavy atom. The van der Waals surface area contributed by atoms with E-state index in [1.807, 2.05) is 0 Å². The Morgan fingerprint density at radius 1 is 1.30 bits per heavy atom. The fraction of sp³-hybridized carbons (Fsp3) is 0.167. The van der Waals surface area contributed by atoms with Crippen LogP contribution in [0.25, 0.3) is 11.4 Å². The summed E-state index contributed by atoms with van der Waals surface area (Å²) in [6.45, 7) is 1.51. The molecule has 1 heterocycles. The number of aromatic nitrogens is 2. The third-order valence-corrected chi connectivity index (χ3v) is 3.84. The van der Waals surface area contributed by atoms with Crippen LogP contribution < -0.4 is 5.56 Å². The molecule has 2 rings (SSSR count). The second-order valence-electron chi connectivity index (χ2n) is 4.00. The molecule has 1 aromatic heterocycles. The lowest BCUT2D eigenvalue weighted by Crippen LogP contribution is -2.16. The van der Waals surface area contributed by atoms with E-state index in [2.05, 4.69) is 9.97 Å². The van der Waals surface area contributed by atoms with E-state index in [-0.39, 0.29) is 11.4 Å². The van der Waals surface area contributed by atoms with Crippen LogP contribution in [-0.2, 0) is 6.18 Å². The molecule has 0 spiro atoms. The Labute approximate surface area is 124 Å². The van der Waals surface area contributed by atoms with Crippen LogP contribution in [0.5, 0.6) is 0 Å². The van der Waals surface area contributed by atoms with Gasteiger partial charge in [0.1, 0.15) is 11.6 Å². The predicted octanol–water partition coefficient (Wildman–Crippen LogP) is 3.51. The van der Waals surface area contributed by atoms with Gasteiger partial charge >= 0.3 is 6.18 Å². The highest BCUT2D eigenvalue weighted by molar-refractivity contribution is 14.1. The first-order valence-corrected chi connectivity index (χ1v) is 6.41. The molecule has 2 aromatic rings. The number of hydrogen-bond donors (Lipinski definition) is 1. The molecule has 0 aliphatic heterocycles. The number of aromatic amines is 1. The zero-order valence-corrected chi connectivity index (χ0v) is 12.1. The minimum Gasteiger partial charge on any atom is -0.306 e. The Kier molecular flexibility index (Phi) is 3.85. The van der Waals surface area contributed by atoms with Crippen LogP contribution in [0.3, 0.4) is 0 Å². The first kappa shape index (κ1) is 14.9. The lowest BCUT2D eigenvalue weighted by molar-refractivity contribution is -0.137. The SMILES string of the molecule is Cc1nc(-c2ccc(F)cc2C(F)(F)F)[nH]c(=O)c1I. The zero-order chi connectivity index (χ0) is 15.1. The number of aryl methyl sites for hydroxylation is 1. The van der Waals surface area contributed by atoms with Crippen molar-refractivity contribution in [2.75, 3.05) is 0 Å². The van der Waals surface area contributed by atoms with Gasteiger partial charge in [0.2, 0.25) is 0 Å². The van der Waals surface area contributed by atoms with Crippen molar-refractivity contribution in [3.63, 3.8) is 0 Å². The molecule has 0 fully saturated rings. The molecule has 0 radical (unpaired) electrons. The highest BCUT2D eigenvalue weighted by atomic mass is 127. The van der Waals surface area contributed by atoms with Crippen molar-refractivity contribution in [1.29, 1.82) is 0 Å². The number of nitrogens with zero attached hydrogens (tertiary/aromatic N) is 1. The number of halogens is 5. The molecule has 0 saturated heterocycles. The van der Waals surface area contributed by atoms with Gasteiger partial charge in [-0.3, -0.25) is 4.79 Å². The minimum absolute atomic E-state index is 0.236. The standard InChI is InChI=1S/C12H7F4IN2O/c1-5-9(17)11(20)19-10(18-5)7-3-2-6(13)4-8(7)12(14,15)16/h2-4H,1H3,(H,18,19,20). The average molecular weight is 398 g/mol. The zero-order valence-electron chi connectivity index (χ0n) is 9.98. The Morgan fingerprint density at radius 2 is 1.95 bits per heavy atom. The Hall–Kier alpha value is -1.45. The fourth-order valence-electron chi connectivity index (χ4n) is 1.66. The third-order valence-electron chi connectivity index (χ3n) is 2.57. The van der Waals surface area contributed by atoms with Gasteiger partial charge in [-0.1, -0.05) is 0 Å². The molecule has 20 heavy (non-hydrogen) atoms. The maximum atomic E-state index is 13.0. The number of nitrogens with one attached hydrogen (secondary N) is 1. The van der Waals surface area contributed by atoms with Crippen LogP contribution in [0.4, 0.5) is 17.6 Å². The van der Waals surface area contributed by atoms with Gasteiger partial charge in [0.15, 0.2) is 0 Å². The average Bonchev–Trinajstić information content (AvgIpc) is 2.34. The van der Waals surface area contributed by atoms with Gasteiger partial charge in [-0.15, -0.1) is 0 Å². The van der Waals surface area contributed by atoms with Gasteiger partial charge in [-0.25, -0.2) is 9.37 Å². The molecule has 1 N–H and O–H groups in total. The minimum atomic E-state index is -4.74. The van der Waals surface area contributed by atoms with Crippen LogP contribution in [0, 0.1) is 16.3 Å². The topological polar surface area (TPSA) is 45.8 Å². The molecule has 0 aliphatic carbocycles. The van der Waals surface area contributed by atoms with Crippen LogP contribution in [0.1, 0.15) is 11.3 Å². The molecule has 0 bridgehead atoms. The van der Waals surface area contributed by atoms with E-state index < -0.39 is 23.1 Å². The summed E-state index contributed by atoms with van der Waals surface area (Å²) in [4.78, 5) is 17.8. The lowest BCUT2D eigenvalue weighted by atomic mass is 10.1. The highest BCUT2D eigenvalue weighted by Crippen LogP contribution is 2.36. The summed E-state index contributed by atoms with van der Waals surface area (Å²) in [5.41, 5.74) is -1.77. The van der Waals surface area contributed by atoms with E-state index in [0.29, 0.717) is 15.3 Å². The molecule has 1 aromatic carbocycles. The predicted molar refractivity (Wildman–Crippen MR) is 72.7 cm³/mol. The molecule has 0 unspecified atom stereocenters. The second kappa shape index (κ2) is 5.15. The van der Waals surface area contributed by atoms with Crippen molar-refractivity contribution in [2.24, 2.45) is 0 Å². The van der Waals surface area contributed by atoms with E-state index in [9.17, 15) is 22.4 Å². The van der Waals surface area contributed by atoms with Crippen LogP contribution in [0.15, 0.2) is 23.0 Å². The first-order chi connectivity index (χ1) is 9.20. The molecule has 0 amide bonds. The quantitative estimate of drug-likeness (QED) is 0.591. The van der Waals surface area contributed by atoms with Crippen molar-refractivity contribution in [3.8, 4) is 11.4 Å². The summed E-state index contributed by atoms with van der Waals surface area (Å²) in [5.74, 6) is -1.24. The third kappa shape index (κ3) is 2.84.